The summed E-state index contributed by atoms with van der Waals surface area (Å²) < 4.78 is 60.9. The molecule has 0 saturated heterocycles. The number of hydrogen-bond acceptors (Lipinski definition) is 3. The lowest BCUT2D eigenvalue weighted by Gasteiger charge is -2.25. The topological polar surface area (TPSA) is 63.4 Å². The lowest BCUT2D eigenvalue weighted by molar-refractivity contribution is -0.136. The standard InChI is InChI=1S/C10H21F3N2O2S/c1-9(2,3)4-7-18(16,17)15(6-5-14)8-10(11,12)13/h4-8,14H2,1-3H3. The minimum Gasteiger partial charge on any atom is -0.329 e. The van der Waals surface area contributed by atoms with Crippen molar-refractivity contribution in [2.75, 3.05) is 25.4 Å². The largest absolute Gasteiger partial charge is 0.402 e. The molecule has 0 heterocycles. The van der Waals surface area contributed by atoms with Gasteiger partial charge in [0.25, 0.3) is 0 Å². The molecule has 0 aliphatic rings. The third-order valence-electron chi connectivity index (χ3n) is 2.24. The quantitative estimate of drug-likeness (QED) is 0.807. The fraction of sp³-hybridized carbons (Fsp3) is 1.00. The van der Waals surface area contributed by atoms with Crippen LogP contribution >= 0.6 is 0 Å². The SMILES string of the molecule is CC(C)(C)CCS(=O)(=O)N(CCN)CC(F)(F)F. The van der Waals surface area contributed by atoms with E-state index in [1.165, 1.54) is 0 Å². The molecule has 0 rings (SSSR count). The summed E-state index contributed by atoms with van der Waals surface area (Å²) in [4.78, 5) is 0. The van der Waals surface area contributed by atoms with Crippen molar-refractivity contribution in [1.82, 2.24) is 4.31 Å². The van der Waals surface area contributed by atoms with Gasteiger partial charge >= 0.3 is 6.18 Å². The Bertz CT molecular complexity index is 347. The second-order valence-electron chi connectivity index (χ2n) is 5.36. The maximum atomic E-state index is 12.3. The zero-order valence-electron chi connectivity index (χ0n) is 10.9. The third kappa shape index (κ3) is 7.88. The van der Waals surface area contributed by atoms with Crippen LogP contribution in [0.4, 0.5) is 13.2 Å². The van der Waals surface area contributed by atoms with Crippen molar-refractivity contribution in [3.63, 3.8) is 0 Å². The molecule has 0 spiro atoms. The second kappa shape index (κ2) is 6.21. The molecule has 0 radical (unpaired) electrons. The lowest BCUT2D eigenvalue weighted by atomic mass is 9.94. The Kier molecular flexibility index (Phi) is 6.09. The van der Waals surface area contributed by atoms with Crippen LogP contribution in [0.5, 0.6) is 0 Å². The third-order valence-corrected chi connectivity index (χ3v) is 4.06. The van der Waals surface area contributed by atoms with Gasteiger partial charge in [0.1, 0.15) is 6.54 Å². The summed E-state index contributed by atoms with van der Waals surface area (Å²) in [5, 5.41) is 0. The molecule has 8 heteroatoms. The van der Waals surface area contributed by atoms with E-state index in [9.17, 15) is 21.6 Å². The summed E-state index contributed by atoms with van der Waals surface area (Å²) in [6.07, 6.45) is -4.25. The molecule has 0 unspecified atom stereocenters. The van der Waals surface area contributed by atoms with Gasteiger partial charge in [-0.15, -0.1) is 0 Å². The van der Waals surface area contributed by atoms with E-state index < -0.39 is 22.7 Å². The Labute approximate surface area is 106 Å². The lowest BCUT2D eigenvalue weighted by Crippen LogP contribution is -2.43. The summed E-state index contributed by atoms with van der Waals surface area (Å²) in [5.41, 5.74) is 4.90. The van der Waals surface area contributed by atoms with Crippen LogP contribution in [0.3, 0.4) is 0 Å². The summed E-state index contributed by atoms with van der Waals surface area (Å²) in [6.45, 7) is 3.58. The van der Waals surface area contributed by atoms with E-state index in [0.29, 0.717) is 10.7 Å². The first-order valence-electron chi connectivity index (χ1n) is 5.62. The molecular weight excluding hydrogens is 269 g/mol. The Hall–Kier alpha value is -0.340. The number of nitrogens with two attached hydrogens (primary N) is 1. The van der Waals surface area contributed by atoms with E-state index in [1.807, 2.05) is 20.8 Å². The summed E-state index contributed by atoms with van der Waals surface area (Å²) in [5.74, 6) is -0.299. The van der Waals surface area contributed by atoms with Crippen molar-refractivity contribution in [2.24, 2.45) is 11.1 Å². The second-order valence-corrected chi connectivity index (χ2v) is 7.45. The summed E-state index contributed by atoms with van der Waals surface area (Å²) in [7, 11) is -3.92. The van der Waals surface area contributed by atoms with E-state index in [4.69, 9.17) is 5.73 Å². The number of sulfonamides is 1. The Morgan fingerprint density at radius 1 is 1.17 bits per heavy atom. The fourth-order valence-corrected chi connectivity index (χ4v) is 3.08. The Morgan fingerprint density at radius 2 is 1.67 bits per heavy atom. The monoisotopic (exact) mass is 290 g/mol. The number of nitrogens with zero attached hydrogens (tertiary/aromatic N) is 1. The van der Waals surface area contributed by atoms with Crippen molar-refractivity contribution in [3.8, 4) is 0 Å². The van der Waals surface area contributed by atoms with Crippen LogP contribution in [0.2, 0.25) is 0 Å². The van der Waals surface area contributed by atoms with Crippen molar-refractivity contribution >= 4 is 10.0 Å². The molecule has 0 amide bonds. The van der Waals surface area contributed by atoms with Gasteiger partial charge in [-0.05, 0) is 11.8 Å². The van der Waals surface area contributed by atoms with E-state index in [-0.39, 0.29) is 24.3 Å². The molecular formula is C10H21F3N2O2S. The summed E-state index contributed by atoms with van der Waals surface area (Å²) >= 11 is 0. The first-order valence-corrected chi connectivity index (χ1v) is 7.23. The van der Waals surface area contributed by atoms with Crippen LogP contribution in [0.25, 0.3) is 0 Å². The molecule has 110 valence electrons. The van der Waals surface area contributed by atoms with Gasteiger partial charge in [0.2, 0.25) is 10.0 Å². The van der Waals surface area contributed by atoms with Crippen molar-refractivity contribution < 1.29 is 21.6 Å². The van der Waals surface area contributed by atoms with Crippen molar-refractivity contribution in [1.29, 1.82) is 0 Å². The average molecular weight is 290 g/mol. The molecule has 2 N–H and O–H groups in total. The molecule has 0 aromatic heterocycles. The van der Waals surface area contributed by atoms with Crippen molar-refractivity contribution in [3.05, 3.63) is 0 Å². The molecule has 0 aromatic carbocycles. The maximum Gasteiger partial charge on any atom is 0.402 e. The van der Waals surface area contributed by atoms with Crippen molar-refractivity contribution in [2.45, 2.75) is 33.4 Å². The Morgan fingerprint density at radius 3 is 2.00 bits per heavy atom. The normalized spacial score (nSPS) is 14.2. The molecule has 0 bridgehead atoms. The van der Waals surface area contributed by atoms with Gasteiger partial charge in [-0.2, -0.15) is 17.5 Å². The number of halogens is 3. The highest BCUT2D eigenvalue weighted by atomic mass is 32.2. The van der Waals surface area contributed by atoms with Gasteiger partial charge in [-0.1, -0.05) is 20.8 Å². The number of rotatable bonds is 6. The molecule has 0 atom stereocenters. The highest BCUT2D eigenvalue weighted by Gasteiger charge is 2.36. The van der Waals surface area contributed by atoms with Gasteiger partial charge in [0, 0.05) is 13.1 Å². The Balaban J connectivity index is 4.77. The van der Waals surface area contributed by atoms with Gasteiger partial charge in [0.15, 0.2) is 0 Å². The predicted octanol–water partition coefficient (Wildman–Crippen LogP) is 1.58. The van der Waals surface area contributed by atoms with Gasteiger partial charge in [-0.25, -0.2) is 8.42 Å². The zero-order chi connectivity index (χ0) is 14.6. The van der Waals surface area contributed by atoms with E-state index in [1.54, 1.807) is 0 Å². The maximum absolute atomic E-state index is 12.3. The molecule has 18 heavy (non-hydrogen) atoms. The first-order chi connectivity index (χ1) is 7.87. The molecule has 0 saturated carbocycles. The molecule has 0 aliphatic heterocycles. The number of hydrogen-bond donors (Lipinski definition) is 1. The van der Waals surface area contributed by atoms with Gasteiger partial charge in [-0.3, -0.25) is 0 Å². The van der Waals surface area contributed by atoms with E-state index in [0.717, 1.165) is 0 Å². The first kappa shape index (κ1) is 17.7. The zero-order valence-corrected chi connectivity index (χ0v) is 11.7. The van der Waals surface area contributed by atoms with E-state index in [2.05, 4.69) is 0 Å². The van der Waals surface area contributed by atoms with Gasteiger partial charge in [0.05, 0.1) is 5.75 Å². The summed E-state index contributed by atoms with van der Waals surface area (Å²) in [6, 6.07) is 0. The molecule has 0 aromatic rings. The fourth-order valence-electron chi connectivity index (χ4n) is 1.22. The minimum absolute atomic E-state index is 0.134. The molecule has 0 fully saturated rings. The highest BCUT2D eigenvalue weighted by molar-refractivity contribution is 7.89. The van der Waals surface area contributed by atoms with Gasteiger partial charge < -0.3 is 5.73 Å². The number of alkyl halides is 3. The van der Waals surface area contributed by atoms with E-state index >= 15 is 0 Å². The van der Waals surface area contributed by atoms with Crippen LogP contribution in [-0.4, -0.2) is 44.3 Å². The predicted molar refractivity (Wildman–Crippen MR) is 64.5 cm³/mol. The van der Waals surface area contributed by atoms with Crippen LogP contribution in [0.1, 0.15) is 27.2 Å². The van der Waals surface area contributed by atoms with Crippen LogP contribution in [0, 0.1) is 5.41 Å². The highest BCUT2D eigenvalue weighted by Crippen LogP contribution is 2.22. The molecule has 0 aliphatic carbocycles. The van der Waals surface area contributed by atoms with Crippen LogP contribution in [0.15, 0.2) is 0 Å². The van der Waals surface area contributed by atoms with Crippen LogP contribution < -0.4 is 5.73 Å². The average Bonchev–Trinajstić information content (AvgIpc) is 2.11. The molecule has 4 nitrogen and oxygen atoms in total. The smallest absolute Gasteiger partial charge is 0.329 e. The minimum atomic E-state index is -4.55. The van der Waals surface area contributed by atoms with Crippen LogP contribution in [-0.2, 0) is 10.0 Å².